The molecule has 0 spiro atoms. The molecule has 0 aliphatic rings. The molecule has 1 aromatic carbocycles. The molecule has 0 amide bonds. The number of hydrogen-bond acceptors (Lipinski definition) is 3. The highest BCUT2D eigenvalue weighted by molar-refractivity contribution is 5.27. The minimum atomic E-state index is -0.107. The van der Waals surface area contributed by atoms with Gasteiger partial charge in [-0.05, 0) is 51.8 Å². The molecular weight excluding hydrogens is 226 g/mol. The first-order valence-corrected chi connectivity index (χ1v) is 6.48. The van der Waals surface area contributed by atoms with Crippen molar-refractivity contribution in [2.45, 2.75) is 45.8 Å². The van der Waals surface area contributed by atoms with Gasteiger partial charge < -0.3 is 15.2 Å². The lowest BCUT2D eigenvalue weighted by atomic mass is 10.1. The van der Waals surface area contributed by atoms with Crippen LogP contribution in [0.2, 0.25) is 0 Å². The molecular formula is C15H25NO2. The van der Waals surface area contributed by atoms with Crippen molar-refractivity contribution in [2.24, 2.45) is 5.73 Å². The van der Waals surface area contributed by atoms with Gasteiger partial charge in [0.1, 0.15) is 12.4 Å². The number of nitrogens with two attached hydrogens (primary N) is 1. The molecule has 2 N–H and O–H groups in total. The van der Waals surface area contributed by atoms with E-state index in [0.717, 1.165) is 12.2 Å². The maximum Gasteiger partial charge on any atom is 0.119 e. The Morgan fingerprint density at radius 3 is 2.22 bits per heavy atom. The van der Waals surface area contributed by atoms with Crippen LogP contribution in [-0.2, 0) is 11.2 Å². The molecule has 0 saturated heterocycles. The highest BCUT2D eigenvalue weighted by Crippen LogP contribution is 2.13. The van der Waals surface area contributed by atoms with E-state index in [4.69, 9.17) is 15.2 Å². The molecule has 0 aliphatic heterocycles. The normalized spacial score (nSPS) is 13.4. The summed E-state index contributed by atoms with van der Waals surface area (Å²) in [6, 6.07) is 8.27. The minimum Gasteiger partial charge on any atom is -0.491 e. The Hall–Kier alpha value is -1.06. The molecule has 1 rings (SSSR count). The first kappa shape index (κ1) is 15.0. The van der Waals surface area contributed by atoms with E-state index >= 15 is 0 Å². The largest absolute Gasteiger partial charge is 0.491 e. The molecule has 0 fully saturated rings. The topological polar surface area (TPSA) is 44.5 Å². The van der Waals surface area contributed by atoms with E-state index in [1.54, 1.807) is 0 Å². The third-order valence-electron chi connectivity index (χ3n) is 2.37. The van der Waals surface area contributed by atoms with Gasteiger partial charge in [-0.15, -0.1) is 0 Å². The fraction of sp³-hybridized carbons (Fsp3) is 0.600. The molecule has 3 nitrogen and oxygen atoms in total. The van der Waals surface area contributed by atoms with Crippen molar-refractivity contribution < 1.29 is 9.47 Å². The lowest BCUT2D eigenvalue weighted by Gasteiger charge is -2.19. The average Bonchev–Trinajstić information content (AvgIpc) is 2.24. The SMILES string of the molecule is CC(N)Cc1ccc(OCCOC(C)(C)C)cc1. The Morgan fingerprint density at radius 1 is 1.11 bits per heavy atom. The van der Waals surface area contributed by atoms with E-state index in [-0.39, 0.29) is 11.6 Å². The van der Waals surface area contributed by atoms with Crippen molar-refractivity contribution in [1.29, 1.82) is 0 Å². The lowest BCUT2D eigenvalue weighted by Crippen LogP contribution is -2.22. The van der Waals surface area contributed by atoms with E-state index in [0.29, 0.717) is 13.2 Å². The first-order valence-electron chi connectivity index (χ1n) is 6.48. The van der Waals surface area contributed by atoms with Crippen LogP contribution in [-0.4, -0.2) is 24.9 Å². The van der Waals surface area contributed by atoms with Gasteiger partial charge in [-0.1, -0.05) is 12.1 Å². The van der Waals surface area contributed by atoms with E-state index in [1.165, 1.54) is 5.56 Å². The van der Waals surface area contributed by atoms with Gasteiger partial charge in [0, 0.05) is 6.04 Å². The number of rotatable bonds is 6. The zero-order valence-corrected chi connectivity index (χ0v) is 11.9. The molecule has 1 aromatic rings. The fourth-order valence-corrected chi connectivity index (χ4v) is 1.60. The van der Waals surface area contributed by atoms with E-state index in [9.17, 15) is 0 Å². The summed E-state index contributed by atoms with van der Waals surface area (Å²) in [5.41, 5.74) is 6.89. The van der Waals surface area contributed by atoms with Crippen LogP contribution in [0.15, 0.2) is 24.3 Å². The van der Waals surface area contributed by atoms with Crippen LogP contribution in [0.1, 0.15) is 33.3 Å². The summed E-state index contributed by atoms with van der Waals surface area (Å²) in [6.45, 7) is 9.30. The zero-order valence-electron chi connectivity index (χ0n) is 11.9. The van der Waals surface area contributed by atoms with Crippen molar-refractivity contribution in [3.63, 3.8) is 0 Å². The van der Waals surface area contributed by atoms with E-state index in [1.807, 2.05) is 39.8 Å². The summed E-state index contributed by atoms with van der Waals surface area (Å²) in [6.07, 6.45) is 0.896. The summed E-state index contributed by atoms with van der Waals surface area (Å²) in [4.78, 5) is 0. The standard InChI is InChI=1S/C15H25NO2/c1-12(16)11-13-5-7-14(8-6-13)17-9-10-18-15(2,3)4/h5-8,12H,9-11,16H2,1-4H3. The summed E-state index contributed by atoms with van der Waals surface area (Å²) in [5.74, 6) is 0.876. The monoisotopic (exact) mass is 251 g/mol. The molecule has 0 saturated carbocycles. The van der Waals surface area contributed by atoms with Crippen LogP contribution in [0.3, 0.4) is 0 Å². The molecule has 1 unspecified atom stereocenters. The third kappa shape index (κ3) is 6.62. The van der Waals surface area contributed by atoms with Crippen LogP contribution in [0.25, 0.3) is 0 Å². The molecule has 18 heavy (non-hydrogen) atoms. The Bertz CT molecular complexity index is 339. The highest BCUT2D eigenvalue weighted by Gasteiger charge is 2.09. The molecule has 0 aliphatic carbocycles. The summed E-state index contributed by atoms with van der Waals surface area (Å²) >= 11 is 0. The van der Waals surface area contributed by atoms with Crippen LogP contribution in [0.4, 0.5) is 0 Å². The number of ether oxygens (including phenoxy) is 2. The van der Waals surface area contributed by atoms with Gasteiger partial charge in [0.15, 0.2) is 0 Å². The predicted molar refractivity (Wildman–Crippen MR) is 75.0 cm³/mol. The summed E-state index contributed by atoms with van der Waals surface area (Å²) in [7, 11) is 0. The average molecular weight is 251 g/mol. The lowest BCUT2D eigenvalue weighted by molar-refractivity contribution is -0.0163. The van der Waals surface area contributed by atoms with Crippen LogP contribution in [0.5, 0.6) is 5.75 Å². The Kier molecular flexibility index (Phi) is 5.63. The van der Waals surface area contributed by atoms with Crippen molar-refractivity contribution >= 4 is 0 Å². The van der Waals surface area contributed by atoms with Gasteiger partial charge in [-0.25, -0.2) is 0 Å². The van der Waals surface area contributed by atoms with Gasteiger partial charge in [0.2, 0.25) is 0 Å². The van der Waals surface area contributed by atoms with Crippen molar-refractivity contribution in [3.8, 4) is 5.75 Å². The summed E-state index contributed by atoms with van der Waals surface area (Å²) in [5, 5.41) is 0. The maximum atomic E-state index is 5.75. The second kappa shape index (κ2) is 6.76. The molecule has 0 bridgehead atoms. The molecule has 0 aromatic heterocycles. The third-order valence-corrected chi connectivity index (χ3v) is 2.37. The van der Waals surface area contributed by atoms with Crippen molar-refractivity contribution in [1.82, 2.24) is 0 Å². The second-order valence-corrected chi connectivity index (χ2v) is 5.63. The van der Waals surface area contributed by atoms with Crippen LogP contribution < -0.4 is 10.5 Å². The maximum absolute atomic E-state index is 5.75. The second-order valence-electron chi connectivity index (χ2n) is 5.63. The van der Waals surface area contributed by atoms with E-state index in [2.05, 4.69) is 12.1 Å². The zero-order chi connectivity index (χ0) is 13.6. The Balaban J connectivity index is 2.31. The molecule has 102 valence electrons. The van der Waals surface area contributed by atoms with Gasteiger partial charge in [-0.2, -0.15) is 0 Å². The molecule has 0 heterocycles. The van der Waals surface area contributed by atoms with Gasteiger partial charge >= 0.3 is 0 Å². The van der Waals surface area contributed by atoms with Crippen LogP contribution >= 0.6 is 0 Å². The quantitative estimate of drug-likeness (QED) is 0.791. The van der Waals surface area contributed by atoms with Crippen molar-refractivity contribution in [3.05, 3.63) is 29.8 Å². The predicted octanol–water partition coefficient (Wildman–Crippen LogP) is 2.77. The first-order chi connectivity index (χ1) is 8.37. The van der Waals surface area contributed by atoms with E-state index < -0.39 is 0 Å². The molecule has 3 heteroatoms. The van der Waals surface area contributed by atoms with Crippen molar-refractivity contribution in [2.75, 3.05) is 13.2 Å². The smallest absolute Gasteiger partial charge is 0.119 e. The Labute approximate surface area is 110 Å². The summed E-state index contributed by atoms with van der Waals surface area (Å²) < 4.78 is 11.2. The fourth-order valence-electron chi connectivity index (χ4n) is 1.60. The minimum absolute atomic E-state index is 0.107. The highest BCUT2D eigenvalue weighted by atomic mass is 16.5. The molecule has 1 atom stereocenters. The van der Waals surface area contributed by atoms with Gasteiger partial charge in [-0.3, -0.25) is 0 Å². The van der Waals surface area contributed by atoms with Gasteiger partial charge in [0.05, 0.1) is 12.2 Å². The number of benzene rings is 1. The van der Waals surface area contributed by atoms with Gasteiger partial charge in [0.25, 0.3) is 0 Å². The number of hydrogen-bond donors (Lipinski definition) is 1. The van der Waals surface area contributed by atoms with Crippen LogP contribution in [0, 0.1) is 0 Å². The Morgan fingerprint density at radius 2 is 1.72 bits per heavy atom. The molecule has 0 radical (unpaired) electrons.